The van der Waals surface area contributed by atoms with Crippen LogP contribution in [0, 0.1) is 11.6 Å². The lowest BCUT2D eigenvalue weighted by molar-refractivity contribution is 0.254. The van der Waals surface area contributed by atoms with Gasteiger partial charge in [0.25, 0.3) is 5.89 Å². The van der Waals surface area contributed by atoms with Gasteiger partial charge in [-0.15, -0.1) is 0 Å². The van der Waals surface area contributed by atoms with Crippen molar-refractivity contribution in [1.29, 1.82) is 0 Å². The Hall–Kier alpha value is -2.61. The Bertz CT molecular complexity index is 827. The molecular formula is C15H15F2N5O. The minimum atomic E-state index is -0.954. The summed E-state index contributed by atoms with van der Waals surface area (Å²) in [7, 11) is 5.61. The van der Waals surface area contributed by atoms with Crippen LogP contribution in [0.3, 0.4) is 0 Å². The molecular weight excluding hydrogens is 304 g/mol. The molecule has 2 heterocycles. The van der Waals surface area contributed by atoms with Crippen molar-refractivity contribution < 1.29 is 13.3 Å². The van der Waals surface area contributed by atoms with Gasteiger partial charge in [-0.05, 0) is 32.3 Å². The molecule has 1 unspecified atom stereocenters. The molecule has 0 amide bonds. The van der Waals surface area contributed by atoms with Crippen LogP contribution in [0.15, 0.2) is 35.2 Å². The number of benzene rings is 1. The third kappa shape index (κ3) is 2.85. The normalized spacial score (nSPS) is 12.8. The van der Waals surface area contributed by atoms with Gasteiger partial charge in [-0.25, -0.2) is 13.8 Å². The Morgan fingerprint density at radius 3 is 2.61 bits per heavy atom. The SMILES string of the molecule is CN(C)C(c1nc(-c2ccc(F)c(F)c2)no1)c1cncn1C. The molecule has 3 aromatic rings. The highest BCUT2D eigenvalue weighted by molar-refractivity contribution is 5.54. The van der Waals surface area contributed by atoms with Gasteiger partial charge in [0.05, 0.1) is 18.2 Å². The van der Waals surface area contributed by atoms with Crippen LogP contribution >= 0.6 is 0 Å². The maximum Gasteiger partial charge on any atom is 0.250 e. The standard InChI is InChI=1S/C15H15F2N5O/c1-21(2)13(12-7-18-8-22(12)3)15-19-14(20-23-15)9-4-5-10(16)11(17)6-9/h4-8,13H,1-3H3. The third-order valence-electron chi connectivity index (χ3n) is 3.50. The minimum Gasteiger partial charge on any atom is -0.337 e. The van der Waals surface area contributed by atoms with E-state index in [4.69, 9.17) is 4.52 Å². The zero-order valence-corrected chi connectivity index (χ0v) is 12.9. The molecule has 2 aromatic heterocycles. The van der Waals surface area contributed by atoms with E-state index in [0.29, 0.717) is 11.5 Å². The first-order valence-electron chi connectivity index (χ1n) is 6.89. The summed E-state index contributed by atoms with van der Waals surface area (Å²) in [5, 5.41) is 3.87. The molecule has 0 bridgehead atoms. The van der Waals surface area contributed by atoms with Crippen molar-refractivity contribution in [3.63, 3.8) is 0 Å². The summed E-state index contributed by atoms with van der Waals surface area (Å²) < 4.78 is 33.6. The number of hydrogen-bond donors (Lipinski definition) is 0. The number of rotatable bonds is 4. The highest BCUT2D eigenvalue weighted by Crippen LogP contribution is 2.27. The average molecular weight is 319 g/mol. The quantitative estimate of drug-likeness (QED) is 0.739. The summed E-state index contributed by atoms with van der Waals surface area (Å²) in [6.07, 6.45) is 3.39. The van der Waals surface area contributed by atoms with Crippen molar-refractivity contribution in [2.75, 3.05) is 14.1 Å². The smallest absolute Gasteiger partial charge is 0.250 e. The summed E-state index contributed by atoms with van der Waals surface area (Å²) in [6.45, 7) is 0. The van der Waals surface area contributed by atoms with Crippen LogP contribution in [-0.4, -0.2) is 38.7 Å². The van der Waals surface area contributed by atoms with E-state index in [9.17, 15) is 8.78 Å². The fraction of sp³-hybridized carbons (Fsp3) is 0.267. The van der Waals surface area contributed by atoms with Gasteiger partial charge in [0, 0.05) is 12.6 Å². The monoisotopic (exact) mass is 319 g/mol. The second kappa shape index (κ2) is 5.88. The Balaban J connectivity index is 1.99. The first kappa shape index (κ1) is 15.3. The largest absolute Gasteiger partial charge is 0.337 e. The minimum absolute atomic E-state index is 0.202. The lowest BCUT2D eigenvalue weighted by atomic mass is 10.2. The Kier molecular flexibility index (Phi) is 3.91. The van der Waals surface area contributed by atoms with Crippen LogP contribution in [0.4, 0.5) is 8.78 Å². The van der Waals surface area contributed by atoms with Gasteiger partial charge >= 0.3 is 0 Å². The molecule has 1 aromatic carbocycles. The van der Waals surface area contributed by atoms with Crippen LogP contribution in [0.1, 0.15) is 17.6 Å². The second-order valence-electron chi connectivity index (χ2n) is 5.38. The Morgan fingerprint density at radius 1 is 1.22 bits per heavy atom. The van der Waals surface area contributed by atoms with E-state index in [-0.39, 0.29) is 11.9 Å². The first-order chi connectivity index (χ1) is 11.0. The average Bonchev–Trinajstić information content (AvgIpc) is 3.13. The van der Waals surface area contributed by atoms with Crippen LogP contribution in [0.25, 0.3) is 11.4 Å². The fourth-order valence-electron chi connectivity index (χ4n) is 2.34. The van der Waals surface area contributed by atoms with Crippen LogP contribution in [0.5, 0.6) is 0 Å². The molecule has 0 aliphatic carbocycles. The Morgan fingerprint density at radius 2 is 2.00 bits per heavy atom. The molecule has 0 spiro atoms. The number of halogens is 2. The van der Waals surface area contributed by atoms with Crippen molar-refractivity contribution in [3.8, 4) is 11.4 Å². The van der Waals surface area contributed by atoms with Gasteiger partial charge in [0.15, 0.2) is 11.6 Å². The summed E-state index contributed by atoms with van der Waals surface area (Å²) in [5.41, 5.74) is 1.22. The van der Waals surface area contributed by atoms with Crippen molar-refractivity contribution in [2.24, 2.45) is 7.05 Å². The highest BCUT2D eigenvalue weighted by Gasteiger charge is 2.26. The summed E-state index contributed by atoms with van der Waals surface area (Å²) in [4.78, 5) is 10.3. The molecule has 0 fully saturated rings. The van der Waals surface area contributed by atoms with Gasteiger partial charge in [-0.3, -0.25) is 4.90 Å². The molecule has 0 radical (unpaired) electrons. The molecule has 6 nitrogen and oxygen atoms in total. The molecule has 0 saturated carbocycles. The van der Waals surface area contributed by atoms with Crippen molar-refractivity contribution in [3.05, 3.63) is 53.9 Å². The third-order valence-corrected chi connectivity index (χ3v) is 3.50. The summed E-state index contributed by atoms with van der Waals surface area (Å²) in [5.74, 6) is -1.32. The van der Waals surface area contributed by atoms with E-state index in [1.165, 1.54) is 6.07 Å². The van der Waals surface area contributed by atoms with Crippen LogP contribution in [-0.2, 0) is 7.05 Å². The lowest BCUT2D eigenvalue weighted by Crippen LogP contribution is -2.23. The lowest BCUT2D eigenvalue weighted by Gasteiger charge is -2.20. The molecule has 0 N–H and O–H groups in total. The van der Waals surface area contributed by atoms with Gasteiger partial charge in [0.1, 0.15) is 6.04 Å². The predicted octanol–water partition coefficient (Wildman–Crippen LogP) is 2.40. The van der Waals surface area contributed by atoms with E-state index in [2.05, 4.69) is 15.1 Å². The van der Waals surface area contributed by atoms with E-state index >= 15 is 0 Å². The topological polar surface area (TPSA) is 60.0 Å². The molecule has 23 heavy (non-hydrogen) atoms. The molecule has 120 valence electrons. The van der Waals surface area contributed by atoms with E-state index < -0.39 is 11.6 Å². The first-order valence-corrected chi connectivity index (χ1v) is 6.89. The maximum absolute atomic E-state index is 13.4. The summed E-state index contributed by atoms with van der Waals surface area (Å²) >= 11 is 0. The second-order valence-corrected chi connectivity index (χ2v) is 5.38. The van der Waals surface area contributed by atoms with E-state index in [1.807, 2.05) is 30.6 Å². The maximum atomic E-state index is 13.4. The predicted molar refractivity (Wildman–Crippen MR) is 78.4 cm³/mol. The van der Waals surface area contributed by atoms with Crippen molar-refractivity contribution in [1.82, 2.24) is 24.6 Å². The van der Waals surface area contributed by atoms with E-state index in [1.54, 1.807) is 12.5 Å². The number of nitrogens with zero attached hydrogens (tertiary/aromatic N) is 5. The van der Waals surface area contributed by atoms with E-state index in [0.717, 1.165) is 17.8 Å². The molecule has 1 atom stereocenters. The zero-order valence-electron chi connectivity index (χ0n) is 12.9. The number of imidazole rings is 1. The molecule has 3 rings (SSSR count). The van der Waals surface area contributed by atoms with Crippen molar-refractivity contribution in [2.45, 2.75) is 6.04 Å². The molecule has 0 aliphatic rings. The highest BCUT2D eigenvalue weighted by atomic mass is 19.2. The number of hydrogen-bond acceptors (Lipinski definition) is 5. The molecule has 8 heteroatoms. The van der Waals surface area contributed by atoms with Gasteiger partial charge in [-0.2, -0.15) is 4.98 Å². The van der Waals surface area contributed by atoms with Gasteiger partial charge in [0.2, 0.25) is 5.82 Å². The number of aromatic nitrogens is 4. The Labute approximate surface area is 131 Å². The van der Waals surface area contributed by atoms with Gasteiger partial charge < -0.3 is 9.09 Å². The van der Waals surface area contributed by atoms with Gasteiger partial charge in [-0.1, -0.05) is 5.16 Å². The van der Waals surface area contributed by atoms with Crippen LogP contribution in [0.2, 0.25) is 0 Å². The van der Waals surface area contributed by atoms with Crippen molar-refractivity contribution >= 4 is 0 Å². The molecule has 0 aliphatic heterocycles. The number of aryl methyl sites for hydroxylation is 1. The van der Waals surface area contributed by atoms with Crippen LogP contribution < -0.4 is 0 Å². The zero-order chi connectivity index (χ0) is 16.6. The molecule has 0 saturated heterocycles. The summed E-state index contributed by atoms with van der Waals surface area (Å²) in [6, 6.07) is 3.18. The fourth-order valence-corrected chi connectivity index (χ4v) is 2.34.